The molecule has 6 heteroatoms. The van der Waals surface area contributed by atoms with E-state index in [1.54, 1.807) is 17.7 Å². The topological polar surface area (TPSA) is 49.3 Å². The molecule has 0 aliphatic carbocycles. The van der Waals surface area contributed by atoms with Crippen molar-refractivity contribution >= 4 is 33.3 Å². The van der Waals surface area contributed by atoms with E-state index < -0.39 is 0 Å². The molecule has 1 amide bonds. The molecule has 4 rings (SSSR count). The van der Waals surface area contributed by atoms with Crippen LogP contribution in [0.2, 0.25) is 0 Å². The number of rotatable bonds is 4. The summed E-state index contributed by atoms with van der Waals surface area (Å²) in [6.07, 6.45) is 3.61. The molecule has 1 aliphatic rings. The number of aromatic nitrogens is 2. The number of hydrogen-bond acceptors (Lipinski definition) is 5. The lowest BCUT2D eigenvalue weighted by atomic mass is 10.0. The number of likely N-dealkylation sites (tertiary alicyclic amines) is 1. The Morgan fingerprint density at radius 3 is 2.52 bits per heavy atom. The summed E-state index contributed by atoms with van der Waals surface area (Å²) >= 11 is 1.71. The lowest BCUT2D eigenvalue weighted by molar-refractivity contribution is -0.135. The van der Waals surface area contributed by atoms with Crippen molar-refractivity contribution in [2.45, 2.75) is 39.7 Å². The summed E-state index contributed by atoms with van der Waals surface area (Å²) in [7, 11) is 2.12. The number of nitrogens with zero attached hydrogens (tertiary/aromatic N) is 4. The van der Waals surface area contributed by atoms with Gasteiger partial charge in [0, 0.05) is 43.0 Å². The van der Waals surface area contributed by atoms with Crippen LogP contribution in [0.15, 0.2) is 36.0 Å². The molecule has 0 radical (unpaired) electrons. The first kappa shape index (κ1) is 19.8. The number of thiophene rings is 1. The highest BCUT2D eigenvalue weighted by Gasteiger charge is 2.28. The number of anilines is 1. The minimum atomic E-state index is 0.0667. The van der Waals surface area contributed by atoms with E-state index in [0.29, 0.717) is 6.04 Å². The molecule has 0 bridgehead atoms. The molecule has 3 aromatic rings. The molecule has 1 fully saturated rings. The second-order valence-corrected chi connectivity index (χ2v) is 9.09. The quantitative estimate of drug-likeness (QED) is 0.625. The number of fused-ring (bicyclic) bond motifs is 1. The molecular weight excluding hydrogens is 380 g/mol. The van der Waals surface area contributed by atoms with Gasteiger partial charge in [0.05, 0.1) is 10.2 Å². The normalized spacial score (nSPS) is 15.3. The van der Waals surface area contributed by atoms with Gasteiger partial charge in [-0.2, -0.15) is 0 Å². The first-order valence-electron chi connectivity index (χ1n) is 10.3. The number of aryl methyl sites for hydroxylation is 1. The highest BCUT2D eigenvalue weighted by atomic mass is 32.1. The van der Waals surface area contributed by atoms with Crippen LogP contribution in [-0.2, 0) is 4.79 Å². The highest BCUT2D eigenvalue weighted by molar-refractivity contribution is 7.18. The third-order valence-electron chi connectivity index (χ3n) is 5.85. The zero-order valence-electron chi connectivity index (χ0n) is 17.6. The molecule has 0 atom stereocenters. The molecule has 1 aliphatic heterocycles. The van der Waals surface area contributed by atoms with Crippen LogP contribution in [-0.4, -0.2) is 47.0 Å². The fourth-order valence-corrected chi connectivity index (χ4v) is 5.10. The van der Waals surface area contributed by atoms with Gasteiger partial charge in [-0.25, -0.2) is 9.97 Å². The lowest BCUT2D eigenvalue weighted by Gasteiger charge is -2.38. The fourth-order valence-electron chi connectivity index (χ4n) is 4.04. The Bertz CT molecular complexity index is 1000. The summed E-state index contributed by atoms with van der Waals surface area (Å²) in [4.78, 5) is 25.8. The van der Waals surface area contributed by atoms with Gasteiger partial charge in [0.25, 0.3) is 0 Å². The number of carbonyl (C=O) groups excluding carboxylic acids is 1. The molecule has 3 heterocycles. The number of carbonyl (C=O) groups is 1. The van der Waals surface area contributed by atoms with Gasteiger partial charge in [0.2, 0.25) is 5.91 Å². The van der Waals surface area contributed by atoms with Crippen molar-refractivity contribution < 1.29 is 4.79 Å². The number of amides is 1. The minimum absolute atomic E-state index is 0.0667. The fraction of sp³-hybridized carbons (Fsp3) is 0.435. The van der Waals surface area contributed by atoms with Crippen molar-refractivity contribution in [1.29, 1.82) is 0 Å². The Kier molecular flexibility index (Phi) is 5.54. The third-order valence-corrected chi connectivity index (χ3v) is 6.81. The number of benzene rings is 1. The van der Waals surface area contributed by atoms with Gasteiger partial charge in [0.15, 0.2) is 0 Å². The minimum Gasteiger partial charge on any atom is -0.355 e. The van der Waals surface area contributed by atoms with E-state index in [9.17, 15) is 4.79 Å². The highest BCUT2D eigenvalue weighted by Crippen LogP contribution is 2.37. The maximum atomic E-state index is 12.3. The molecule has 152 valence electrons. The largest absolute Gasteiger partial charge is 0.355 e. The number of piperidine rings is 1. The molecule has 0 spiro atoms. The molecule has 0 unspecified atom stereocenters. The van der Waals surface area contributed by atoms with E-state index in [1.807, 2.05) is 18.7 Å². The molecule has 29 heavy (non-hydrogen) atoms. The molecule has 0 N–H and O–H groups in total. The SMILES string of the molecule is Cc1ccc(-c2csc3c(N(C)C4CCN(C(=O)C(C)C)CC4)ncnc23)cc1. The summed E-state index contributed by atoms with van der Waals surface area (Å²) in [6.45, 7) is 7.69. The molecular formula is C23H28N4OS. The average molecular weight is 409 g/mol. The van der Waals surface area contributed by atoms with Crippen molar-refractivity contribution in [1.82, 2.24) is 14.9 Å². The lowest BCUT2D eigenvalue weighted by Crippen LogP contribution is -2.47. The Labute approximate surface area is 176 Å². The molecule has 1 saturated heterocycles. The van der Waals surface area contributed by atoms with E-state index in [0.717, 1.165) is 42.0 Å². The standard InChI is InChI=1S/C23H28N4OS/c1-15(2)23(28)27-11-9-18(10-12-27)26(4)22-21-20(24-14-25-22)19(13-29-21)17-7-5-16(3)6-8-17/h5-8,13-15,18H,9-12H2,1-4H3. The predicted molar refractivity (Wildman–Crippen MR) is 120 cm³/mol. The summed E-state index contributed by atoms with van der Waals surface area (Å²) in [6, 6.07) is 8.97. The van der Waals surface area contributed by atoms with Crippen LogP contribution >= 0.6 is 11.3 Å². The van der Waals surface area contributed by atoms with Gasteiger partial charge in [-0.3, -0.25) is 4.79 Å². The predicted octanol–water partition coefficient (Wildman–Crippen LogP) is 4.75. The summed E-state index contributed by atoms with van der Waals surface area (Å²) < 4.78 is 1.13. The maximum Gasteiger partial charge on any atom is 0.225 e. The Balaban J connectivity index is 1.57. The van der Waals surface area contributed by atoms with Gasteiger partial charge in [-0.15, -0.1) is 11.3 Å². The van der Waals surface area contributed by atoms with Crippen molar-refractivity contribution in [3.63, 3.8) is 0 Å². The van der Waals surface area contributed by atoms with Gasteiger partial charge in [-0.05, 0) is 25.3 Å². The van der Waals surface area contributed by atoms with Crippen LogP contribution in [0.1, 0.15) is 32.3 Å². The summed E-state index contributed by atoms with van der Waals surface area (Å²) in [5.41, 5.74) is 4.63. The van der Waals surface area contributed by atoms with Crippen LogP contribution in [0.5, 0.6) is 0 Å². The molecule has 5 nitrogen and oxygen atoms in total. The van der Waals surface area contributed by atoms with Gasteiger partial charge in [-0.1, -0.05) is 43.7 Å². The van der Waals surface area contributed by atoms with Gasteiger partial charge < -0.3 is 9.80 Å². The second kappa shape index (κ2) is 8.11. The van der Waals surface area contributed by atoms with E-state index in [4.69, 9.17) is 0 Å². The van der Waals surface area contributed by atoms with E-state index >= 15 is 0 Å². The first-order valence-corrected chi connectivity index (χ1v) is 11.1. The van der Waals surface area contributed by atoms with Crippen LogP contribution in [0.3, 0.4) is 0 Å². The van der Waals surface area contributed by atoms with Gasteiger partial charge >= 0.3 is 0 Å². The molecule has 2 aromatic heterocycles. The first-order chi connectivity index (χ1) is 14.0. The smallest absolute Gasteiger partial charge is 0.225 e. The number of hydrogen-bond donors (Lipinski definition) is 0. The Hall–Kier alpha value is -2.47. The van der Waals surface area contributed by atoms with Crippen molar-refractivity contribution in [2.24, 2.45) is 5.92 Å². The third kappa shape index (κ3) is 3.86. The van der Waals surface area contributed by atoms with E-state index in [1.165, 1.54) is 16.7 Å². The molecule has 0 saturated carbocycles. The van der Waals surface area contributed by atoms with Crippen LogP contribution in [0.4, 0.5) is 5.82 Å². The Morgan fingerprint density at radius 1 is 1.17 bits per heavy atom. The Morgan fingerprint density at radius 2 is 1.86 bits per heavy atom. The van der Waals surface area contributed by atoms with Crippen molar-refractivity contribution in [2.75, 3.05) is 25.0 Å². The summed E-state index contributed by atoms with van der Waals surface area (Å²) in [5, 5.41) is 2.19. The van der Waals surface area contributed by atoms with Gasteiger partial charge in [0.1, 0.15) is 12.1 Å². The van der Waals surface area contributed by atoms with Crippen LogP contribution in [0, 0.1) is 12.8 Å². The zero-order valence-corrected chi connectivity index (χ0v) is 18.4. The monoisotopic (exact) mass is 408 g/mol. The van der Waals surface area contributed by atoms with Crippen LogP contribution < -0.4 is 4.90 Å². The van der Waals surface area contributed by atoms with E-state index in [2.05, 4.69) is 58.5 Å². The summed E-state index contributed by atoms with van der Waals surface area (Å²) in [5.74, 6) is 1.32. The second-order valence-electron chi connectivity index (χ2n) is 8.21. The van der Waals surface area contributed by atoms with Crippen molar-refractivity contribution in [3.05, 3.63) is 41.5 Å². The zero-order chi connectivity index (χ0) is 20.5. The van der Waals surface area contributed by atoms with E-state index in [-0.39, 0.29) is 11.8 Å². The van der Waals surface area contributed by atoms with Crippen LogP contribution in [0.25, 0.3) is 21.3 Å². The average Bonchev–Trinajstić information content (AvgIpc) is 3.17. The van der Waals surface area contributed by atoms with Crippen molar-refractivity contribution in [3.8, 4) is 11.1 Å². The molecule has 1 aromatic carbocycles. The maximum absolute atomic E-state index is 12.3.